The molecular formula is C30H26N6O. The molecule has 0 aliphatic carbocycles. The molecule has 7 nitrogen and oxygen atoms in total. The summed E-state index contributed by atoms with van der Waals surface area (Å²) in [7, 11) is 0. The van der Waals surface area contributed by atoms with Crippen LogP contribution in [0.5, 0.6) is 0 Å². The third kappa shape index (κ3) is 6.27. The van der Waals surface area contributed by atoms with Crippen molar-refractivity contribution in [2.24, 2.45) is 4.99 Å². The third-order valence-corrected chi connectivity index (χ3v) is 5.61. The number of carbonyl (C=O) groups is 1. The first-order valence-electron chi connectivity index (χ1n) is 11.6. The van der Waals surface area contributed by atoms with E-state index in [1.54, 1.807) is 42.7 Å². The van der Waals surface area contributed by atoms with E-state index in [2.05, 4.69) is 38.7 Å². The molecule has 182 valence electrons. The van der Waals surface area contributed by atoms with Gasteiger partial charge in [-0.3, -0.25) is 14.8 Å². The molecule has 4 aromatic rings. The summed E-state index contributed by atoms with van der Waals surface area (Å²) in [6, 6.07) is 24.2. The van der Waals surface area contributed by atoms with Gasteiger partial charge < -0.3 is 16.0 Å². The van der Waals surface area contributed by atoms with E-state index in [0.717, 1.165) is 33.9 Å². The van der Waals surface area contributed by atoms with Crippen LogP contribution in [0.2, 0.25) is 0 Å². The maximum Gasteiger partial charge on any atom is 0.255 e. The number of aryl methyl sites for hydroxylation is 1. The summed E-state index contributed by atoms with van der Waals surface area (Å²) in [5.41, 5.74) is 7.57. The highest BCUT2D eigenvalue weighted by molar-refractivity contribution is 6.04. The maximum atomic E-state index is 12.9. The summed E-state index contributed by atoms with van der Waals surface area (Å²) in [4.78, 5) is 21.0. The van der Waals surface area contributed by atoms with Gasteiger partial charge in [-0.15, -0.1) is 0 Å². The van der Waals surface area contributed by atoms with Crippen molar-refractivity contribution >= 4 is 46.8 Å². The molecule has 0 atom stereocenters. The Bertz CT molecular complexity index is 1500. The summed E-state index contributed by atoms with van der Waals surface area (Å²) in [5, 5.41) is 18.9. The van der Waals surface area contributed by atoms with Gasteiger partial charge in [0.15, 0.2) is 0 Å². The van der Waals surface area contributed by atoms with Gasteiger partial charge in [0.2, 0.25) is 0 Å². The van der Waals surface area contributed by atoms with Gasteiger partial charge in [0.1, 0.15) is 0 Å². The number of anilines is 4. The highest BCUT2D eigenvalue weighted by Crippen LogP contribution is 2.29. The number of nitriles is 1. The predicted molar refractivity (Wildman–Crippen MR) is 151 cm³/mol. The molecule has 0 aliphatic rings. The summed E-state index contributed by atoms with van der Waals surface area (Å²) in [5.74, 6) is -0.210. The number of hydrogen-bond donors (Lipinski definition) is 3. The number of aromatic nitrogens is 1. The Morgan fingerprint density at radius 3 is 2.32 bits per heavy atom. The Kier molecular flexibility index (Phi) is 7.72. The van der Waals surface area contributed by atoms with Crippen molar-refractivity contribution in [1.82, 2.24) is 4.98 Å². The van der Waals surface area contributed by atoms with Crippen LogP contribution in [-0.4, -0.2) is 17.6 Å². The number of rotatable bonds is 8. The molecule has 0 saturated carbocycles. The zero-order valence-corrected chi connectivity index (χ0v) is 20.6. The molecule has 1 aromatic heterocycles. The second-order valence-electron chi connectivity index (χ2n) is 8.31. The van der Waals surface area contributed by atoms with Gasteiger partial charge >= 0.3 is 0 Å². The number of benzene rings is 3. The average molecular weight is 487 g/mol. The van der Waals surface area contributed by atoms with Gasteiger partial charge in [-0.1, -0.05) is 6.08 Å². The zero-order valence-electron chi connectivity index (χ0n) is 20.6. The Morgan fingerprint density at radius 1 is 0.919 bits per heavy atom. The molecule has 0 aliphatic heterocycles. The third-order valence-electron chi connectivity index (χ3n) is 5.61. The average Bonchev–Trinajstić information content (AvgIpc) is 2.92. The lowest BCUT2D eigenvalue weighted by molar-refractivity contribution is 0.102. The van der Waals surface area contributed by atoms with Crippen LogP contribution in [0.15, 0.2) is 96.3 Å². The molecule has 3 aromatic carbocycles. The Hall–Kier alpha value is -5.22. The second-order valence-corrected chi connectivity index (χ2v) is 8.31. The molecule has 7 heteroatoms. The second kappa shape index (κ2) is 11.5. The lowest BCUT2D eigenvalue weighted by Crippen LogP contribution is -2.12. The Balaban J connectivity index is 1.47. The smallest absolute Gasteiger partial charge is 0.255 e. The van der Waals surface area contributed by atoms with Crippen LogP contribution in [-0.2, 0) is 0 Å². The number of aliphatic imine (C=N–C) groups is 1. The number of pyridine rings is 1. The van der Waals surface area contributed by atoms with Crippen LogP contribution in [0, 0.1) is 18.3 Å². The van der Waals surface area contributed by atoms with Crippen LogP contribution in [0.3, 0.4) is 0 Å². The van der Waals surface area contributed by atoms with Crippen molar-refractivity contribution in [3.63, 3.8) is 0 Å². The molecular weight excluding hydrogens is 460 g/mol. The fraction of sp³-hybridized carbons (Fsp3) is 0.0667. The number of hydrogen-bond acceptors (Lipinski definition) is 6. The van der Waals surface area contributed by atoms with E-state index < -0.39 is 0 Å². The molecule has 1 heterocycles. The van der Waals surface area contributed by atoms with Crippen molar-refractivity contribution in [3.8, 4) is 6.07 Å². The molecule has 0 spiro atoms. The number of nitrogens with one attached hydrogen (secondary N) is 3. The van der Waals surface area contributed by atoms with Gasteiger partial charge in [0.05, 0.1) is 17.3 Å². The van der Waals surface area contributed by atoms with Crippen LogP contribution >= 0.6 is 0 Å². The predicted octanol–water partition coefficient (Wildman–Crippen LogP) is 7.06. The Morgan fingerprint density at radius 2 is 1.65 bits per heavy atom. The summed E-state index contributed by atoms with van der Waals surface area (Å²) >= 11 is 0. The standard InChI is InChI=1S/C30H26N6O/c1-4-28(27-17-21(19-31)5-10-29(27)32-3)35-23-8-6-22(7-9-23)30(37)36-26-16-20(2)15-25(18-26)34-24-11-13-33-14-12-24/h4-18,35H,3H2,1-2H3,(H,33,34)(H,36,37)/b28-4+. The molecule has 0 saturated heterocycles. The molecule has 0 bridgehead atoms. The first kappa shape index (κ1) is 24.9. The van der Waals surface area contributed by atoms with Crippen LogP contribution in [0.1, 0.15) is 34.0 Å². The van der Waals surface area contributed by atoms with Crippen LogP contribution < -0.4 is 16.0 Å². The summed E-state index contributed by atoms with van der Waals surface area (Å²) in [6.07, 6.45) is 5.34. The van der Waals surface area contributed by atoms with E-state index >= 15 is 0 Å². The quantitative estimate of drug-likeness (QED) is 0.231. The number of carbonyl (C=O) groups excluding carboxylic acids is 1. The van der Waals surface area contributed by atoms with E-state index in [4.69, 9.17) is 0 Å². The highest BCUT2D eigenvalue weighted by Gasteiger charge is 2.11. The molecule has 3 N–H and O–H groups in total. The fourth-order valence-corrected chi connectivity index (χ4v) is 3.85. The minimum absolute atomic E-state index is 0.210. The molecule has 4 rings (SSSR count). The van der Waals surface area contributed by atoms with Crippen LogP contribution in [0.25, 0.3) is 5.70 Å². The fourth-order valence-electron chi connectivity index (χ4n) is 3.85. The van der Waals surface area contributed by atoms with Crippen molar-refractivity contribution in [2.45, 2.75) is 13.8 Å². The van der Waals surface area contributed by atoms with E-state index in [-0.39, 0.29) is 5.91 Å². The van der Waals surface area contributed by atoms with E-state index in [9.17, 15) is 10.1 Å². The van der Waals surface area contributed by atoms with Crippen molar-refractivity contribution < 1.29 is 4.79 Å². The largest absolute Gasteiger partial charge is 0.355 e. The first-order chi connectivity index (χ1) is 18.0. The number of amides is 1. The van der Waals surface area contributed by atoms with Gasteiger partial charge in [0, 0.05) is 52.0 Å². The molecule has 0 radical (unpaired) electrons. The molecule has 0 unspecified atom stereocenters. The van der Waals surface area contributed by atoms with E-state index in [1.807, 2.05) is 62.4 Å². The van der Waals surface area contributed by atoms with Crippen molar-refractivity contribution in [1.29, 1.82) is 5.26 Å². The maximum absolute atomic E-state index is 12.9. The van der Waals surface area contributed by atoms with Crippen molar-refractivity contribution in [2.75, 3.05) is 16.0 Å². The monoisotopic (exact) mass is 486 g/mol. The zero-order chi connectivity index (χ0) is 26.2. The SMILES string of the molecule is C=Nc1ccc(C#N)cc1/C(=C\C)Nc1ccc(C(=O)Nc2cc(C)cc(Nc3ccncc3)c2)cc1. The number of allylic oxidation sites excluding steroid dienone is 1. The normalized spacial score (nSPS) is 10.8. The van der Waals surface area contributed by atoms with Gasteiger partial charge in [-0.2, -0.15) is 5.26 Å². The molecule has 0 fully saturated rings. The minimum atomic E-state index is -0.210. The topological polar surface area (TPSA) is 102 Å². The van der Waals surface area contributed by atoms with Gasteiger partial charge in [-0.25, -0.2) is 0 Å². The highest BCUT2D eigenvalue weighted by atomic mass is 16.1. The first-order valence-corrected chi connectivity index (χ1v) is 11.6. The minimum Gasteiger partial charge on any atom is -0.355 e. The lowest BCUT2D eigenvalue weighted by atomic mass is 10.1. The Labute approximate surface area is 216 Å². The van der Waals surface area contributed by atoms with Crippen LogP contribution in [0.4, 0.5) is 28.4 Å². The van der Waals surface area contributed by atoms with Gasteiger partial charge in [-0.05, 0) is 98.9 Å². The molecule has 37 heavy (non-hydrogen) atoms. The van der Waals surface area contributed by atoms with Gasteiger partial charge in [0.25, 0.3) is 5.91 Å². The lowest BCUT2D eigenvalue weighted by Gasteiger charge is -2.14. The van der Waals surface area contributed by atoms with E-state index in [1.165, 1.54) is 0 Å². The van der Waals surface area contributed by atoms with Crippen molar-refractivity contribution in [3.05, 3.63) is 114 Å². The summed E-state index contributed by atoms with van der Waals surface area (Å²) < 4.78 is 0. The molecule has 1 amide bonds. The number of nitrogens with zero attached hydrogens (tertiary/aromatic N) is 3. The summed E-state index contributed by atoms with van der Waals surface area (Å²) in [6.45, 7) is 7.51. The van der Waals surface area contributed by atoms with E-state index in [0.29, 0.717) is 22.5 Å².